The maximum absolute atomic E-state index is 15.1. The number of nitrogens with zero attached hydrogens (tertiary/aromatic N) is 3. The van der Waals surface area contributed by atoms with E-state index in [-0.39, 0.29) is 43.7 Å². The van der Waals surface area contributed by atoms with Gasteiger partial charge in [-0.25, -0.2) is 13.2 Å². The van der Waals surface area contributed by atoms with Crippen molar-refractivity contribution in [2.24, 2.45) is 17.8 Å². The number of nitrogens with one attached hydrogen (secondary N) is 2. The van der Waals surface area contributed by atoms with Gasteiger partial charge in [0.25, 0.3) is 5.91 Å². The Balaban J connectivity index is 1.41. The van der Waals surface area contributed by atoms with Crippen molar-refractivity contribution in [3.05, 3.63) is 41.4 Å². The average Bonchev–Trinajstić information content (AvgIpc) is 4.01. The first-order valence-electron chi connectivity index (χ1n) is 20.0. The number of carboxylic acid groups (broad SMARTS) is 1. The molecule has 58 heavy (non-hydrogen) atoms. The van der Waals surface area contributed by atoms with E-state index in [2.05, 4.69) is 21.9 Å². The van der Waals surface area contributed by atoms with Gasteiger partial charge in [-0.15, -0.1) is 0 Å². The normalized spacial score (nSPS) is 29.2. The summed E-state index contributed by atoms with van der Waals surface area (Å²) in [7, 11) is -2.49. The highest BCUT2D eigenvalue weighted by molar-refractivity contribution is 7.91. The van der Waals surface area contributed by atoms with Crippen LogP contribution in [-0.4, -0.2) is 113 Å². The third-order valence-corrected chi connectivity index (χ3v) is 14.5. The highest BCUT2D eigenvalue weighted by Gasteiger charge is 2.63. The molecule has 17 heteroatoms. The Morgan fingerprint density at radius 1 is 1.14 bits per heavy atom. The lowest BCUT2D eigenvalue weighted by Gasteiger charge is -2.43. The largest absolute Gasteiger partial charge is 0.475 e. The molecule has 4 aliphatic rings. The Bertz CT molecular complexity index is 2070. The fourth-order valence-corrected chi connectivity index (χ4v) is 9.84. The van der Waals surface area contributed by atoms with E-state index in [4.69, 9.17) is 25.8 Å². The summed E-state index contributed by atoms with van der Waals surface area (Å²) in [4.78, 5) is 64.0. The van der Waals surface area contributed by atoms with E-state index in [1.165, 1.54) is 9.80 Å². The summed E-state index contributed by atoms with van der Waals surface area (Å²) < 4.78 is 45.2. The van der Waals surface area contributed by atoms with Crippen LogP contribution in [0.3, 0.4) is 0 Å². The van der Waals surface area contributed by atoms with Crippen LogP contribution in [0.25, 0.3) is 10.8 Å². The van der Waals surface area contributed by atoms with Gasteiger partial charge in [0.05, 0.1) is 17.9 Å². The zero-order valence-electron chi connectivity index (χ0n) is 34.2. The number of allylic oxidation sites excluding steroid dienone is 1. The Kier molecular flexibility index (Phi) is 12.3. The number of benzene rings is 1. The fraction of sp³-hybridized carbons (Fsp3) is 0.634. The number of pyridine rings is 1. The Hall–Kier alpha value is -4.15. The van der Waals surface area contributed by atoms with E-state index in [0.717, 1.165) is 6.42 Å². The Labute approximate surface area is 345 Å². The number of carbonyl (C=O) groups excluding carboxylic acids is 3. The van der Waals surface area contributed by atoms with E-state index in [1.54, 1.807) is 59.1 Å². The van der Waals surface area contributed by atoms with Crippen LogP contribution in [-0.2, 0) is 29.1 Å². The van der Waals surface area contributed by atoms with Crippen molar-refractivity contribution in [2.75, 3.05) is 26.9 Å². The van der Waals surface area contributed by atoms with Gasteiger partial charge < -0.3 is 29.5 Å². The monoisotopic (exact) mass is 845 g/mol. The molecule has 2 aliphatic carbocycles. The minimum absolute atomic E-state index is 0.0509. The third-order valence-electron chi connectivity index (χ3n) is 12.0. The van der Waals surface area contributed by atoms with E-state index in [0.29, 0.717) is 48.1 Å². The molecule has 4 amide bonds. The average molecular weight is 846 g/mol. The molecule has 1 aromatic heterocycles. The molecule has 7 atom stereocenters. The maximum atomic E-state index is 15.1. The number of methoxy groups -OCH3 is 1. The quantitative estimate of drug-likeness (QED) is 0.208. The van der Waals surface area contributed by atoms with Crippen molar-refractivity contribution in [1.82, 2.24) is 24.8 Å². The molecule has 3 heterocycles. The fourth-order valence-electron chi connectivity index (χ4n) is 8.30. The minimum Gasteiger partial charge on any atom is -0.475 e. The number of aromatic nitrogens is 1. The molecule has 2 saturated carbocycles. The van der Waals surface area contributed by atoms with Crippen molar-refractivity contribution in [3.8, 4) is 11.8 Å². The molecule has 318 valence electrons. The third kappa shape index (κ3) is 8.88. The van der Waals surface area contributed by atoms with Crippen LogP contribution < -0.4 is 19.5 Å². The smallest absolute Gasteiger partial charge is 0.408 e. The predicted octanol–water partition coefficient (Wildman–Crippen LogP) is 5.29. The minimum atomic E-state index is -4.04. The molecule has 1 saturated heterocycles. The topological polar surface area (TPSA) is 194 Å². The summed E-state index contributed by atoms with van der Waals surface area (Å²) in [5.41, 5.74) is -2.58. The zero-order valence-corrected chi connectivity index (χ0v) is 35.8. The molecular weight excluding hydrogens is 790 g/mol. The highest BCUT2D eigenvalue weighted by atomic mass is 35.5. The molecule has 1 aromatic carbocycles. The van der Waals surface area contributed by atoms with Crippen molar-refractivity contribution >= 4 is 56.2 Å². The Morgan fingerprint density at radius 3 is 2.52 bits per heavy atom. The number of amides is 4. The van der Waals surface area contributed by atoms with Gasteiger partial charge in [-0.3, -0.25) is 24.0 Å². The molecule has 0 radical (unpaired) electrons. The van der Waals surface area contributed by atoms with Crippen LogP contribution in [0.4, 0.5) is 4.79 Å². The molecule has 3 N–H and O–H groups in total. The molecular formula is C41H56ClN5O10S. The summed E-state index contributed by atoms with van der Waals surface area (Å²) in [5.74, 6) is -2.60. The van der Waals surface area contributed by atoms with Gasteiger partial charge in [-0.1, -0.05) is 43.7 Å². The first-order chi connectivity index (χ1) is 27.2. The Morgan fingerprint density at radius 2 is 1.86 bits per heavy atom. The molecule has 3 fully saturated rings. The number of sulfonamides is 1. The summed E-state index contributed by atoms with van der Waals surface area (Å²) in [6.07, 6.45) is 4.48. The van der Waals surface area contributed by atoms with Crippen molar-refractivity contribution in [3.63, 3.8) is 0 Å². The molecule has 15 nitrogen and oxygen atoms in total. The first kappa shape index (κ1) is 43.4. The van der Waals surface area contributed by atoms with Crippen LogP contribution in [0.2, 0.25) is 5.02 Å². The predicted molar refractivity (Wildman–Crippen MR) is 217 cm³/mol. The molecule has 2 aromatic rings. The lowest BCUT2D eigenvalue weighted by molar-refractivity contribution is -0.146. The zero-order chi connectivity index (χ0) is 42.4. The van der Waals surface area contributed by atoms with Gasteiger partial charge in [0.15, 0.2) is 0 Å². The number of halogens is 1. The van der Waals surface area contributed by atoms with Crippen LogP contribution in [0.5, 0.6) is 11.8 Å². The van der Waals surface area contributed by atoms with Gasteiger partial charge in [0.1, 0.15) is 30.3 Å². The van der Waals surface area contributed by atoms with Crippen LogP contribution in [0, 0.1) is 17.8 Å². The molecule has 0 unspecified atom stereocenters. The van der Waals surface area contributed by atoms with E-state index in [9.17, 15) is 27.9 Å². The molecule has 2 aliphatic heterocycles. The van der Waals surface area contributed by atoms with Crippen LogP contribution in [0.15, 0.2) is 36.4 Å². The standard InChI is InChI=1S/C41H56ClN5O10S/c1-24-11-8-9-12-26-22-41(26,37(50)45-58(53,54)40(6)15-16-40)44-34(48)31-20-27(23-46(31)36(49)33(25(2)19-24)47(38(51)52)39(3,4)5)57-35-28-13-10-14-30(42)29(28)21-32(43-35)56-18-17-55-7/h9-10,12-14,21,24-27,31,33H,8,11,15-20,22-23H2,1-7H3,(H,44,48)(H,45,50)(H,51,52)/b12-9-/t24-,25+,26+,27+,31-,33-,41+/m0/s1. The van der Waals surface area contributed by atoms with Crippen molar-refractivity contribution in [1.29, 1.82) is 0 Å². The number of ether oxygens (including phenoxy) is 3. The number of fused-ring (bicyclic) bond motifs is 3. The van der Waals surface area contributed by atoms with Crippen LogP contribution >= 0.6 is 11.6 Å². The van der Waals surface area contributed by atoms with Gasteiger partial charge in [-0.2, -0.15) is 4.98 Å². The first-order valence-corrected chi connectivity index (χ1v) is 21.8. The summed E-state index contributed by atoms with van der Waals surface area (Å²) in [6, 6.07) is 4.52. The van der Waals surface area contributed by atoms with Crippen LogP contribution in [0.1, 0.15) is 86.5 Å². The van der Waals surface area contributed by atoms with E-state index >= 15 is 4.79 Å². The maximum Gasteiger partial charge on any atom is 0.408 e. The summed E-state index contributed by atoms with van der Waals surface area (Å²) in [6.45, 7) is 11.0. The van der Waals surface area contributed by atoms with Crippen molar-refractivity contribution in [2.45, 2.75) is 121 Å². The van der Waals surface area contributed by atoms with E-state index < -0.39 is 79.7 Å². The SMILES string of the molecule is COCCOc1cc2c(Cl)cccc2c(O[C@@H]2C[C@H]3C(=O)N[C@]4(C(=O)NS(=O)(=O)C5(C)CC5)C[C@H]4/C=C\CC[C@H](C)C[C@@H](C)[C@H](N(C(=O)O)C(C)(C)C)C(=O)N3C2)n1. The van der Waals surface area contributed by atoms with Gasteiger partial charge in [0.2, 0.25) is 33.6 Å². The molecule has 0 spiro atoms. The second kappa shape index (κ2) is 16.5. The van der Waals surface area contributed by atoms with Gasteiger partial charge in [0, 0.05) is 46.8 Å². The lowest BCUT2D eigenvalue weighted by Crippen LogP contribution is -2.62. The molecule has 6 rings (SSSR count). The highest BCUT2D eigenvalue weighted by Crippen LogP contribution is 2.48. The van der Waals surface area contributed by atoms with Gasteiger partial charge in [-0.05, 0) is 90.2 Å². The number of carbonyl (C=O) groups is 4. The number of hydrogen-bond donors (Lipinski definition) is 3. The van der Waals surface area contributed by atoms with E-state index in [1.807, 2.05) is 19.1 Å². The van der Waals surface area contributed by atoms with Gasteiger partial charge >= 0.3 is 6.09 Å². The lowest BCUT2D eigenvalue weighted by atomic mass is 9.85. The summed E-state index contributed by atoms with van der Waals surface area (Å²) >= 11 is 6.60. The van der Waals surface area contributed by atoms with Crippen molar-refractivity contribution < 1.29 is 46.9 Å². The second-order valence-electron chi connectivity index (χ2n) is 17.7. The summed E-state index contributed by atoms with van der Waals surface area (Å²) in [5, 5.41) is 15.1. The second-order valence-corrected chi connectivity index (χ2v) is 20.3. The molecule has 0 bridgehead atoms. The number of rotatable bonds is 10. The number of hydrogen-bond acceptors (Lipinski definition) is 10.